The lowest BCUT2D eigenvalue weighted by Crippen LogP contribution is -2.44. The van der Waals surface area contributed by atoms with Crippen LogP contribution in [-0.2, 0) is 16.1 Å². The van der Waals surface area contributed by atoms with Crippen molar-refractivity contribution < 1.29 is 50.9 Å². The van der Waals surface area contributed by atoms with Gasteiger partial charge in [-0.2, -0.15) is 26.3 Å². The predicted octanol–water partition coefficient (Wildman–Crippen LogP) is 4.96. The highest BCUT2D eigenvalue weighted by Crippen LogP contribution is 2.22. The summed E-state index contributed by atoms with van der Waals surface area (Å²) in [5.74, 6) is -5.17. The Kier molecular flexibility index (Phi) is 14.1. The molecule has 228 valence electrons. The van der Waals surface area contributed by atoms with Crippen LogP contribution in [0.4, 0.5) is 31.1 Å². The number of aliphatic carboxylic acids is 2. The molecule has 1 atom stereocenters. The molecular formula is C26H32F6N4O5. The number of nitrogens with one attached hydrogen (secondary N) is 1. The van der Waals surface area contributed by atoms with Crippen LogP contribution >= 0.6 is 0 Å². The zero-order valence-electron chi connectivity index (χ0n) is 22.3. The molecule has 0 radical (unpaired) electrons. The predicted molar refractivity (Wildman–Crippen MR) is 136 cm³/mol. The van der Waals surface area contributed by atoms with Crippen LogP contribution in [0, 0.1) is 5.92 Å². The van der Waals surface area contributed by atoms with Gasteiger partial charge in [-0.25, -0.2) is 14.4 Å². The average molecular weight is 595 g/mol. The number of hydrogen-bond acceptors (Lipinski definition) is 5. The summed E-state index contributed by atoms with van der Waals surface area (Å²) >= 11 is 0. The summed E-state index contributed by atoms with van der Waals surface area (Å²) in [6, 6.07) is 14.4. The van der Waals surface area contributed by atoms with Gasteiger partial charge in [0.2, 0.25) is 0 Å². The van der Waals surface area contributed by atoms with E-state index in [0.29, 0.717) is 5.92 Å². The Hall–Kier alpha value is -3.88. The van der Waals surface area contributed by atoms with Crippen molar-refractivity contribution in [3.8, 4) is 0 Å². The van der Waals surface area contributed by atoms with Gasteiger partial charge in [-0.1, -0.05) is 44.2 Å². The van der Waals surface area contributed by atoms with E-state index in [1.807, 2.05) is 35.5 Å². The molecule has 0 bridgehead atoms. The van der Waals surface area contributed by atoms with Crippen molar-refractivity contribution in [3.05, 3.63) is 66.0 Å². The van der Waals surface area contributed by atoms with Crippen LogP contribution in [0.3, 0.4) is 0 Å². The van der Waals surface area contributed by atoms with Gasteiger partial charge >= 0.3 is 30.3 Å². The Morgan fingerprint density at radius 2 is 1.37 bits per heavy atom. The van der Waals surface area contributed by atoms with Crippen molar-refractivity contribution in [2.45, 2.75) is 45.2 Å². The lowest BCUT2D eigenvalue weighted by atomic mass is 9.96. The minimum absolute atomic E-state index is 0.0369. The third kappa shape index (κ3) is 13.8. The Bertz CT molecular complexity index is 1060. The number of carbonyl (C=O) groups excluding carboxylic acids is 1. The van der Waals surface area contributed by atoms with E-state index in [2.05, 4.69) is 53.3 Å². The van der Waals surface area contributed by atoms with Crippen molar-refractivity contribution in [3.63, 3.8) is 0 Å². The Morgan fingerprint density at radius 1 is 0.854 bits per heavy atom. The normalized spacial score (nSPS) is 14.9. The largest absolute Gasteiger partial charge is 0.490 e. The van der Waals surface area contributed by atoms with Crippen LogP contribution in [0.2, 0.25) is 0 Å². The van der Waals surface area contributed by atoms with Gasteiger partial charge in [0.15, 0.2) is 0 Å². The van der Waals surface area contributed by atoms with Gasteiger partial charge in [-0.15, -0.1) is 0 Å². The summed E-state index contributed by atoms with van der Waals surface area (Å²) in [4.78, 5) is 39.1. The molecule has 1 aliphatic rings. The van der Waals surface area contributed by atoms with Crippen molar-refractivity contribution in [2.24, 2.45) is 5.92 Å². The lowest BCUT2D eigenvalue weighted by molar-refractivity contribution is -0.193. The number of halogens is 6. The zero-order valence-corrected chi connectivity index (χ0v) is 22.3. The third-order valence-corrected chi connectivity index (χ3v) is 5.62. The Labute approximate surface area is 232 Å². The molecule has 15 heteroatoms. The van der Waals surface area contributed by atoms with Gasteiger partial charge in [0.1, 0.15) is 0 Å². The topological polar surface area (TPSA) is 123 Å². The quantitative estimate of drug-likeness (QED) is 0.418. The minimum atomic E-state index is -5.08. The van der Waals surface area contributed by atoms with Gasteiger partial charge in [0.05, 0.1) is 6.04 Å². The second-order valence-corrected chi connectivity index (χ2v) is 9.16. The first-order chi connectivity index (χ1) is 19.0. The molecule has 9 nitrogen and oxygen atoms in total. The smallest absolute Gasteiger partial charge is 0.475 e. The number of urea groups is 1. The van der Waals surface area contributed by atoms with Crippen LogP contribution in [-0.4, -0.2) is 81.5 Å². The highest BCUT2D eigenvalue weighted by atomic mass is 19.4. The molecule has 1 unspecified atom stereocenters. The first-order valence-electron chi connectivity index (χ1n) is 12.3. The number of amides is 2. The highest BCUT2D eigenvalue weighted by Gasteiger charge is 2.38. The first kappa shape index (κ1) is 35.1. The van der Waals surface area contributed by atoms with Crippen LogP contribution < -0.4 is 5.32 Å². The molecule has 1 aromatic heterocycles. The molecule has 2 amide bonds. The number of benzene rings is 1. The molecule has 1 aromatic carbocycles. The van der Waals surface area contributed by atoms with E-state index in [9.17, 15) is 31.1 Å². The minimum Gasteiger partial charge on any atom is -0.475 e. The molecule has 3 rings (SSSR count). The summed E-state index contributed by atoms with van der Waals surface area (Å²) < 4.78 is 63.5. The van der Waals surface area contributed by atoms with E-state index in [0.717, 1.165) is 44.7 Å². The molecule has 0 saturated carbocycles. The molecular weight excluding hydrogens is 562 g/mol. The summed E-state index contributed by atoms with van der Waals surface area (Å²) in [5.41, 5.74) is 2.43. The van der Waals surface area contributed by atoms with E-state index >= 15 is 0 Å². The van der Waals surface area contributed by atoms with Gasteiger partial charge in [-0.05, 0) is 35.6 Å². The molecule has 1 fully saturated rings. The fourth-order valence-corrected chi connectivity index (χ4v) is 3.60. The van der Waals surface area contributed by atoms with E-state index in [1.165, 1.54) is 5.56 Å². The number of alkyl halides is 6. The van der Waals surface area contributed by atoms with Crippen LogP contribution in [0.1, 0.15) is 37.4 Å². The molecule has 41 heavy (non-hydrogen) atoms. The number of carboxylic acid groups (broad SMARTS) is 2. The summed E-state index contributed by atoms with van der Waals surface area (Å²) in [5, 5.41) is 17.5. The van der Waals surface area contributed by atoms with E-state index in [-0.39, 0.29) is 12.1 Å². The number of nitrogens with zero attached hydrogens (tertiary/aromatic N) is 3. The Morgan fingerprint density at radius 3 is 1.83 bits per heavy atom. The third-order valence-electron chi connectivity index (χ3n) is 5.62. The maximum Gasteiger partial charge on any atom is 0.490 e. The number of carboxylic acids is 2. The van der Waals surface area contributed by atoms with Gasteiger partial charge in [-0.3, -0.25) is 9.88 Å². The maximum absolute atomic E-state index is 12.9. The molecule has 1 saturated heterocycles. The number of carbonyl (C=O) groups is 3. The summed E-state index contributed by atoms with van der Waals surface area (Å²) in [6.45, 7) is 8.69. The van der Waals surface area contributed by atoms with Crippen molar-refractivity contribution in [1.29, 1.82) is 0 Å². The summed E-state index contributed by atoms with van der Waals surface area (Å²) in [7, 11) is 0. The molecule has 1 aliphatic heterocycles. The van der Waals surface area contributed by atoms with Gasteiger partial charge < -0.3 is 20.4 Å². The zero-order chi connectivity index (χ0) is 31.2. The van der Waals surface area contributed by atoms with E-state index in [1.54, 1.807) is 0 Å². The van der Waals surface area contributed by atoms with E-state index in [4.69, 9.17) is 19.8 Å². The molecule has 0 aliphatic carbocycles. The monoisotopic (exact) mass is 594 g/mol. The summed E-state index contributed by atoms with van der Waals surface area (Å²) in [6.07, 6.45) is -5.50. The fourth-order valence-electron chi connectivity index (χ4n) is 3.60. The van der Waals surface area contributed by atoms with Gasteiger partial charge in [0.25, 0.3) is 0 Å². The molecule has 2 heterocycles. The average Bonchev–Trinajstić information content (AvgIpc) is 3.13. The van der Waals surface area contributed by atoms with Crippen LogP contribution in [0.25, 0.3) is 0 Å². The standard InChI is InChI=1S/C22H30N4O.2C2HF3O2/c1-18(2)21(20-7-4-3-5-8-20)24-22(27)26-14-6-13-25(15-16-26)17-19-9-11-23-12-10-19;2*3-2(4,5)1(6)7/h3-5,7-12,18,21H,6,13-17H2,1-2H3,(H,24,27);2*(H,6,7). The SMILES string of the molecule is CC(C)C(NC(=O)N1CCCN(Cc2ccncc2)CC1)c1ccccc1.O=C(O)C(F)(F)F.O=C(O)C(F)(F)F. The van der Waals surface area contributed by atoms with Gasteiger partial charge in [0, 0.05) is 45.1 Å². The maximum atomic E-state index is 12.9. The molecule has 2 aromatic rings. The second kappa shape index (κ2) is 16.4. The van der Waals surface area contributed by atoms with Crippen molar-refractivity contribution >= 4 is 18.0 Å². The van der Waals surface area contributed by atoms with E-state index < -0.39 is 24.3 Å². The number of hydrogen-bond donors (Lipinski definition) is 3. The highest BCUT2D eigenvalue weighted by molar-refractivity contribution is 5.75. The number of rotatable bonds is 5. The molecule has 0 spiro atoms. The van der Waals surface area contributed by atoms with Crippen molar-refractivity contribution in [1.82, 2.24) is 20.1 Å². The second-order valence-electron chi connectivity index (χ2n) is 9.16. The lowest BCUT2D eigenvalue weighted by Gasteiger charge is -2.28. The van der Waals surface area contributed by atoms with Crippen LogP contribution in [0.15, 0.2) is 54.9 Å². The van der Waals surface area contributed by atoms with Crippen LogP contribution in [0.5, 0.6) is 0 Å². The van der Waals surface area contributed by atoms with Crippen molar-refractivity contribution in [2.75, 3.05) is 26.2 Å². The fraction of sp³-hybridized carbons (Fsp3) is 0.462. The number of pyridine rings is 1. The number of aromatic nitrogens is 1. The first-order valence-corrected chi connectivity index (χ1v) is 12.3. The Balaban J connectivity index is 0.000000497. The molecule has 3 N–H and O–H groups in total.